The predicted octanol–water partition coefficient (Wildman–Crippen LogP) is 6.70. The van der Waals surface area contributed by atoms with Crippen molar-refractivity contribution in [3.8, 4) is 11.1 Å². The minimum atomic E-state index is -0.421. The summed E-state index contributed by atoms with van der Waals surface area (Å²) in [5, 5.41) is 1.54. The lowest BCUT2D eigenvalue weighted by Crippen LogP contribution is -2.01. The summed E-state index contributed by atoms with van der Waals surface area (Å²) in [5.41, 5.74) is 4.52. The van der Waals surface area contributed by atoms with E-state index in [-0.39, 0.29) is 11.5 Å². The van der Waals surface area contributed by atoms with Crippen molar-refractivity contribution in [2.75, 3.05) is 0 Å². The van der Waals surface area contributed by atoms with Crippen molar-refractivity contribution in [1.82, 2.24) is 0 Å². The van der Waals surface area contributed by atoms with Crippen LogP contribution >= 0.6 is 0 Å². The molecule has 5 aromatic rings. The molecule has 0 N–H and O–H groups in total. The number of hydrogen-bond donors (Lipinski definition) is 0. The first-order valence-corrected chi connectivity index (χ1v) is 10.8. The average molecular weight is 422 g/mol. The van der Waals surface area contributed by atoms with Gasteiger partial charge < -0.3 is 8.83 Å². The minimum absolute atomic E-state index is 0.203. The van der Waals surface area contributed by atoms with Gasteiger partial charge >= 0.3 is 5.63 Å². The van der Waals surface area contributed by atoms with E-state index in [0.29, 0.717) is 27.7 Å². The first-order chi connectivity index (χ1) is 15.6. The summed E-state index contributed by atoms with van der Waals surface area (Å²) < 4.78 is 12.1. The van der Waals surface area contributed by atoms with Crippen LogP contribution in [0.1, 0.15) is 40.6 Å². The van der Waals surface area contributed by atoms with Gasteiger partial charge in [-0.05, 0) is 36.1 Å². The van der Waals surface area contributed by atoms with Crippen LogP contribution in [0, 0.1) is 6.92 Å². The van der Waals surface area contributed by atoms with E-state index in [1.165, 1.54) is 6.07 Å². The van der Waals surface area contributed by atoms with Gasteiger partial charge in [-0.1, -0.05) is 74.0 Å². The lowest BCUT2D eigenvalue weighted by atomic mass is 9.94. The second-order valence-electron chi connectivity index (χ2n) is 7.98. The molecule has 0 aliphatic heterocycles. The molecule has 0 bridgehead atoms. The molecule has 0 aliphatic carbocycles. The second kappa shape index (κ2) is 7.97. The van der Waals surface area contributed by atoms with Gasteiger partial charge in [-0.25, -0.2) is 4.79 Å². The summed E-state index contributed by atoms with van der Waals surface area (Å²) in [4.78, 5) is 25.9. The lowest BCUT2D eigenvalue weighted by Gasteiger charge is -2.08. The highest BCUT2D eigenvalue weighted by atomic mass is 16.4. The van der Waals surface area contributed by atoms with Gasteiger partial charge in [0.1, 0.15) is 11.2 Å². The van der Waals surface area contributed by atoms with E-state index in [1.807, 2.05) is 61.5 Å². The SMILES string of the molecule is CCCc1cc2c(C)cc(=O)oc2c2c(-c3ccccc3)c(C(=O)c3ccccc3)oc12. The topological polar surface area (TPSA) is 60.4 Å². The van der Waals surface area contributed by atoms with Gasteiger partial charge in [0.15, 0.2) is 5.76 Å². The standard InChI is InChI=1S/C28H22O4/c1-3-10-20-16-21-17(2)15-22(29)31-27(21)24-23(18-11-6-4-7-12-18)28(32-26(20)24)25(30)19-13-8-5-9-14-19/h4-9,11-16H,3,10H2,1-2H3. The molecule has 0 atom stereocenters. The van der Waals surface area contributed by atoms with Crippen molar-refractivity contribution in [3.05, 3.63) is 106 Å². The molecule has 0 saturated heterocycles. The highest BCUT2D eigenvalue weighted by molar-refractivity contribution is 6.20. The Balaban J connectivity index is 1.97. The van der Waals surface area contributed by atoms with Crippen LogP contribution in [0.25, 0.3) is 33.1 Å². The van der Waals surface area contributed by atoms with Crippen molar-refractivity contribution in [2.24, 2.45) is 0 Å². The van der Waals surface area contributed by atoms with Gasteiger partial charge in [-0.2, -0.15) is 0 Å². The fourth-order valence-electron chi connectivity index (χ4n) is 4.31. The number of aryl methyl sites for hydroxylation is 2. The molecule has 0 saturated carbocycles. The molecule has 0 radical (unpaired) electrons. The van der Waals surface area contributed by atoms with Crippen LogP contribution < -0.4 is 5.63 Å². The predicted molar refractivity (Wildman–Crippen MR) is 126 cm³/mol. The highest BCUT2D eigenvalue weighted by Crippen LogP contribution is 2.42. The van der Waals surface area contributed by atoms with Crippen LogP contribution in [0.5, 0.6) is 0 Å². The number of hydrogen-bond acceptors (Lipinski definition) is 4. The van der Waals surface area contributed by atoms with Crippen molar-refractivity contribution < 1.29 is 13.6 Å². The Kier molecular flexibility index (Phi) is 4.98. The van der Waals surface area contributed by atoms with Crippen LogP contribution in [0.4, 0.5) is 0 Å². The summed E-state index contributed by atoms with van der Waals surface area (Å²) >= 11 is 0. The molecule has 2 heterocycles. The fourth-order valence-corrected chi connectivity index (χ4v) is 4.31. The molecular formula is C28H22O4. The Hall–Kier alpha value is -3.92. The minimum Gasteiger partial charge on any atom is -0.451 e. The number of carbonyl (C=O) groups is 1. The van der Waals surface area contributed by atoms with Gasteiger partial charge in [0.25, 0.3) is 0 Å². The van der Waals surface area contributed by atoms with Crippen LogP contribution in [0.3, 0.4) is 0 Å². The van der Waals surface area contributed by atoms with E-state index in [0.717, 1.165) is 34.9 Å². The first-order valence-electron chi connectivity index (χ1n) is 10.8. The van der Waals surface area contributed by atoms with Gasteiger partial charge in [0.2, 0.25) is 5.78 Å². The van der Waals surface area contributed by atoms with Crippen LogP contribution in [-0.2, 0) is 6.42 Å². The second-order valence-corrected chi connectivity index (χ2v) is 7.98. The maximum Gasteiger partial charge on any atom is 0.336 e. The molecule has 0 amide bonds. The van der Waals surface area contributed by atoms with E-state index < -0.39 is 5.63 Å². The average Bonchev–Trinajstić information content (AvgIpc) is 3.22. The first kappa shape index (κ1) is 20.0. The summed E-state index contributed by atoms with van der Waals surface area (Å²) in [6.07, 6.45) is 1.70. The Morgan fingerprint density at radius 2 is 1.56 bits per heavy atom. The lowest BCUT2D eigenvalue weighted by molar-refractivity contribution is 0.101. The summed E-state index contributed by atoms with van der Waals surface area (Å²) in [6, 6.07) is 22.3. The number of benzene rings is 3. The zero-order valence-electron chi connectivity index (χ0n) is 18.0. The van der Waals surface area contributed by atoms with E-state index in [1.54, 1.807) is 12.1 Å². The van der Waals surface area contributed by atoms with Crippen molar-refractivity contribution in [2.45, 2.75) is 26.7 Å². The third kappa shape index (κ3) is 3.25. The molecule has 32 heavy (non-hydrogen) atoms. The largest absolute Gasteiger partial charge is 0.451 e. The summed E-state index contributed by atoms with van der Waals surface area (Å²) in [6.45, 7) is 4.00. The third-order valence-electron chi connectivity index (χ3n) is 5.78. The monoisotopic (exact) mass is 422 g/mol. The molecule has 3 aromatic carbocycles. The normalized spacial score (nSPS) is 11.3. The Morgan fingerprint density at radius 1 is 0.875 bits per heavy atom. The van der Waals surface area contributed by atoms with Crippen LogP contribution in [0.15, 0.2) is 86.4 Å². The molecule has 158 valence electrons. The maximum absolute atomic E-state index is 13.6. The van der Waals surface area contributed by atoms with Gasteiger partial charge in [-0.15, -0.1) is 0 Å². The highest BCUT2D eigenvalue weighted by Gasteiger charge is 2.27. The van der Waals surface area contributed by atoms with Crippen LogP contribution in [-0.4, -0.2) is 5.78 Å². The zero-order chi connectivity index (χ0) is 22.2. The van der Waals surface area contributed by atoms with E-state index in [9.17, 15) is 9.59 Å². The fraction of sp³-hybridized carbons (Fsp3) is 0.143. The Bertz CT molecular complexity index is 1510. The molecule has 4 nitrogen and oxygen atoms in total. The van der Waals surface area contributed by atoms with Crippen molar-refractivity contribution in [1.29, 1.82) is 0 Å². The van der Waals surface area contributed by atoms with Gasteiger partial charge in [0.05, 0.1) is 5.39 Å². The van der Waals surface area contributed by atoms with E-state index >= 15 is 0 Å². The molecule has 5 rings (SSSR count). The molecule has 2 aromatic heterocycles. The van der Waals surface area contributed by atoms with E-state index in [2.05, 4.69) is 6.92 Å². The number of rotatable bonds is 5. The number of fused-ring (bicyclic) bond motifs is 3. The molecule has 0 spiro atoms. The van der Waals surface area contributed by atoms with Crippen molar-refractivity contribution in [3.63, 3.8) is 0 Å². The molecule has 0 unspecified atom stereocenters. The summed E-state index contributed by atoms with van der Waals surface area (Å²) in [7, 11) is 0. The molecule has 4 heteroatoms. The molecule has 0 fully saturated rings. The molecular weight excluding hydrogens is 400 g/mol. The number of ketones is 1. The molecule has 0 aliphatic rings. The smallest absolute Gasteiger partial charge is 0.336 e. The summed E-state index contributed by atoms with van der Waals surface area (Å²) in [5.74, 6) is 0.0534. The van der Waals surface area contributed by atoms with E-state index in [4.69, 9.17) is 8.83 Å². The maximum atomic E-state index is 13.6. The Labute approximate surface area is 185 Å². The number of furan rings is 1. The zero-order valence-corrected chi connectivity index (χ0v) is 18.0. The van der Waals surface area contributed by atoms with Crippen molar-refractivity contribution >= 4 is 27.7 Å². The third-order valence-corrected chi connectivity index (χ3v) is 5.78. The Morgan fingerprint density at radius 3 is 2.25 bits per heavy atom. The quantitative estimate of drug-likeness (QED) is 0.234. The van der Waals surface area contributed by atoms with Gasteiger partial charge in [0, 0.05) is 22.6 Å². The number of carbonyl (C=O) groups excluding carboxylic acids is 1. The van der Waals surface area contributed by atoms with Gasteiger partial charge in [-0.3, -0.25) is 4.79 Å². The van der Waals surface area contributed by atoms with Crippen LogP contribution in [0.2, 0.25) is 0 Å².